The molecule has 0 radical (unpaired) electrons. The molecule has 1 atom stereocenters. The lowest BCUT2D eigenvalue weighted by atomic mass is 10.1. The number of carbonyl (C=O) groups is 2. The number of nitrogens with zero attached hydrogens (tertiary/aromatic N) is 4. The first-order valence-electron chi connectivity index (χ1n) is 10.3. The number of amides is 3. The van der Waals surface area contributed by atoms with E-state index in [4.69, 9.17) is 0 Å². The van der Waals surface area contributed by atoms with Gasteiger partial charge in [0.25, 0.3) is 5.91 Å². The van der Waals surface area contributed by atoms with Gasteiger partial charge >= 0.3 is 6.03 Å². The lowest BCUT2D eigenvalue weighted by molar-refractivity contribution is -0.128. The van der Waals surface area contributed by atoms with E-state index in [2.05, 4.69) is 41.0 Å². The highest BCUT2D eigenvalue weighted by molar-refractivity contribution is 6.04. The van der Waals surface area contributed by atoms with Crippen molar-refractivity contribution in [1.29, 1.82) is 0 Å². The molecule has 1 aromatic carbocycles. The predicted octanol–water partition coefficient (Wildman–Crippen LogP) is 1.92. The number of benzene rings is 1. The number of hydrogen-bond donors (Lipinski definition) is 0. The molecule has 3 saturated heterocycles. The highest BCUT2D eigenvalue weighted by Crippen LogP contribution is 2.27. The van der Waals surface area contributed by atoms with Crippen LogP contribution in [0.15, 0.2) is 24.3 Å². The van der Waals surface area contributed by atoms with Gasteiger partial charge in [-0.1, -0.05) is 18.2 Å². The summed E-state index contributed by atoms with van der Waals surface area (Å²) in [6.07, 6.45) is 3.73. The van der Waals surface area contributed by atoms with Gasteiger partial charge in [-0.2, -0.15) is 0 Å². The van der Waals surface area contributed by atoms with Gasteiger partial charge in [0.1, 0.15) is 6.04 Å². The molecule has 1 unspecified atom stereocenters. The first kappa shape index (κ1) is 23.4. The number of carbonyl (C=O) groups excluding carboxylic acids is 2. The summed E-state index contributed by atoms with van der Waals surface area (Å²) in [5, 5.41) is 0. The molecule has 3 heterocycles. The second-order valence-corrected chi connectivity index (χ2v) is 7.95. The van der Waals surface area contributed by atoms with Crippen LogP contribution in [0.25, 0.3) is 0 Å². The number of urea groups is 1. The van der Waals surface area contributed by atoms with E-state index in [-0.39, 0.29) is 35.9 Å². The fourth-order valence-electron chi connectivity index (χ4n) is 4.62. The van der Waals surface area contributed by atoms with E-state index in [1.807, 2.05) is 0 Å². The standard InChI is InChI=1S/C21H30N4O2.ClH.H2O/c1-17-7-2-3-8-18(17)23-15-13-22(14-16-23)10-4-5-11-25-20(26)19-9-6-12-24(19)21(25)27;;/h2-3,7-8,19H,4-6,9-16H2,1H3;1H;1H2. The number of piperazine rings is 1. The van der Waals surface area contributed by atoms with Gasteiger partial charge in [0, 0.05) is 45.0 Å². The Bertz CT molecular complexity index is 687. The number of anilines is 1. The minimum absolute atomic E-state index is 0. The maximum atomic E-state index is 12.3. The average Bonchev–Trinajstić information content (AvgIpc) is 3.25. The fourth-order valence-corrected chi connectivity index (χ4v) is 4.62. The van der Waals surface area contributed by atoms with Gasteiger partial charge in [0.15, 0.2) is 0 Å². The third kappa shape index (κ3) is 4.85. The van der Waals surface area contributed by atoms with Crippen LogP contribution in [-0.2, 0) is 4.79 Å². The number of para-hydroxylation sites is 1. The van der Waals surface area contributed by atoms with Crippen molar-refractivity contribution >= 4 is 30.0 Å². The molecule has 3 fully saturated rings. The van der Waals surface area contributed by atoms with Crippen LogP contribution < -0.4 is 4.90 Å². The molecule has 29 heavy (non-hydrogen) atoms. The van der Waals surface area contributed by atoms with Gasteiger partial charge in [0.05, 0.1) is 0 Å². The van der Waals surface area contributed by atoms with E-state index >= 15 is 0 Å². The molecule has 4 rings (SSSR count). The van der Waals surface area contributed by atoms with Crippen LogP contribution in [0.1, 0.15) is 31.2 Å². The molecule has 2 N–H and O–H groups in total. The molecule has 0 aromatic heterocycles. The third-order valence-electron chi connectivity index (χ3n) is 6.21. The summed E-state index contributed by atoms with van der Waals surface area (Å²) in [6.45, 7) is 8.82. The summed E-state index contributed by atoms with van der Waals surface area (Å²) in [5.74, 6) is 0.0318. The second kappa shape index (κ2) is 10.3. The molecular weight excluding hydrogens is 392 g/mol. The van der Waals surface area contributed by atoms with Gasteiger partial charge in [-0.05, 0) is 50.8 Å². The molecule has 3 aliphatic heterocycles. The zero-order valence-corrected chi connectivity index (χ0v) is 18.0. The van der Waals surface area contributed by atoms with Crippen LogP contribution in [-0.4, -0.2) is 84.0 Å². The number of rotatable bonds is 6. The van der Waals surface area contributed by atoms with Crippen molar-refractivity contribution < 1.29 is 15.1 Å². The number of unbranched alkanes of at least 4 members (excludes halogenated alkanes) is 1. The maximum Gasteiger partial charge on any atom is 0.327 e. The van der Waals surface area contributed by atoms with Crippen molar-refractivity contribution in [3.63, 3.8) is 0 Å². The Balaban J connectivity index is 0.00000150. The highest BCUT2D eigenvalue weighted by Gasteiger charge is 2.46. The van der Waals surface area contributed by atoms with E-state index in [1.54, 1.807) is 4.90 Å². The molecule has 3 amide bonds. The van der Waals surface area contributed by atoms with Crippen molar-refractivity contribution in [2.45, 2.75) is 38.6 Å². The van der Waals surface area contributed by atoms with Gasteiger partial charge in [-0.3, -0.25) is 14.6 Å². The van der Waals surface area contributed by atoms with Crippen molar-refractivity contribution in [1.82, 2.24) is 14.7 Å². The van der Waals surface area contributed by atoms with Crippen LogP contribution in [0, 0.1) is 6.92 Å². The van der Waals surface area contributed by atoms with Gasteiger partial charge in [0.2, 0.25) is 0 Å². The number of fused-ring (bicyclic) bond motifs is 1. The zero-order valence-electron chi connectivity index (χ0n) is 17.2. The number of imide groups is 1. The number of halogens is 1. The van der Waals surface area contributed by atoms with E-state index < -0.39 is 0 Å². The zero-order chi connectivity index (χ0) is 18.8. The predicted molar refractivity (Wildman–Crippen MR) is 117 cm³/mol. The summed E-state index contributed by atoms with van der Waals surface area (Å²) in [7, 11) is 0. The van der Waals surface area contributed by atoms with Crippen molar-refractivity contribution in [2.24, 2.45) is 0 Å². The SMILES string of the molecule is Cc1ccccc1N1CCN(CCCCN2C(=O)C3CCCN3C2=O)CC1.Cl.O. The molecule has 1 aromatic rings. The fraction of sp³-hybridized carbons (Fsp3) is 0.619. The summed E-state index contributed by atoms with van der Waals surface area (Å²) in [4.78, 5) is 32.9. The molecule has 0 spiro atoms. The van der Waals surface area contributed by atoms with Crippen molar-refractivity contribution in [2.75, 3.05) is 50.7 Å². The minimum atomic E-state index is -0.160. The largest absolute Gasteiger partial charge is 0.412 e. The van der Waals surface area contributed by atoms with Crippen LogP contribution in [0.2, 0.25) is 0 Å². The molecule has 0 saturated carbocycles. The first-order valence-corrected chi connectivity index (χ1v) is 10.3. The van der Waals surface area contributed by atoms with E-state index in [0.717, 1.165) is 65.0 Å². The Morgan fingerprint density at radius 2 is 1.66 bits per heavy atom. The molecule has 162 valence electrons. The second-order valence-electron chi connectivity index (χ2n) is 7.95. The molecule has 7 nitrogen and oxygen atoms in total. The molecule has 0 aliphatic carbocycles. The quantitative estimate of drug-likeness (QED) is 0.516. The molecule has 8 heteroatoms. The topological polar surface area (TPSA) is 78.6 Å². The smallest absolute Gasteiger partial charge is 0.327 e. The Labute approximate surface area is 179 Å². The van der Waals surface area contributed by atoms with E-state index in [0.29, 0.717) is 6.54 Å². The summed E-state index contributed by atoms with van der Waals surface area (Å²) in [6, 6.07) is 8.37. The van der Waals surface area contributed by atoms with Crippen molar-refractivity contribution in [3.05, 3.63) is 29.8 Å². The Kier molecular flexibility index (Phi) is 8.31. The Morgan fingerprint density at radius 3 is 2.34 bits per heavy atom. The summed E-state index contributed by atoms with van der Waals surface area (Å²) < 4.78 is 0. The van der Waals surface area contributed by atoms with Crippen LogP contribution in [0.4, 0.5) is 10.5 Å². The highest BCUT2D eigenvalue weighted by atomic mass is 35.5. The Morgan fingerprint density at radius 1 is 0.966 bits per heavy atom. The van der Waals surface area contributed by atoms with Crippen molar-refractivity contribution in [3.8, 4) is 0 Å². The third-order valence-corrected chi connectivity index (χ3v) is 6.21. The molecule has 0 bridgehead atoms. The van der Waals surface area contributed by atoms with Gasteiger partial charge in [-0.25, -0.2) is 4.79 Å². The maximum absolute atomic E-state index is 12.3. The monoisotopic (exact) mass is 424 g/mol. The van der Waals surface area contributed by atoms with Crippen LogP contribution >= 0.6 is 12.4 Å². The van der Waals surface area contributed by atoms with E-state index in [9.17, 15) is 9.59 Å². The lowest BCUT2D eigenvalue weighted by Gasteiger charge is -2.36. The normalized spacial score (nSPS) is 21.8. The Hall–Kier alpha value is -1.83. The van der Waals surface area contributed by atoms with Gasteiger partial charge in [-0.15, -0.1) is 12.4 Å². The van der Waals surface area contributed by atoms with Crippen LogP contribution in [0.5, 0.6) is 0 Å². The number of hydrogen-bond acceptors (Lipinski definition) is 4. The molecular formula is C21H33ClN4O3. The van der Waals surface area contributed by atoms with Gasteiger partial charge < -0.3 is 15.3 Å². The average molecular weight is 425 g/mol. The summed E-state index contributed by atoms with van der Waals surface area (Å²) >= 11 is 0. The molecule has 3 aliphatic rings. The number of aryl methyl sites for hydroxylation is 1. The summed E-state index contributed by atoms with van der Waals surface area (Å²) in [5.41, 5.74) is 2.69. The minimum Gasteiger partial charge on any atom is -0.412 e. The van der Waals surface area contributed by atoms with E-state index in [1.165, 1.54) is 16.2 Å². The lowest BCUT2D eigenvalue weighted by Crippen LogP contribution is -2.47. The van der Waals surface area contributed by atoms with Crippen LogP contribution in [0.3, 0.4) is 0 Å². The first-order chi connectivity index (χ1) is 13.1.